The highest BCUT2D eigenvalue weighted by Gasteiger charge is 2.02. The van der Waals surface area contributed by atoms with Crippen molar-refractivity contribution in [3.05, 3.63) is 21.0 Å². The van der Waals surface area contributed by atoms with Crippen molar-refractivity contribution in [3.63, 3.8) is 0 Å². The van der Waals surface area contributed by atoms with Gasteiger partial charge in [0, 0.05) is 13.2 Å². The second-order valence-electron chi connectivity index (χ2n) is 3.98. The molecule has 0 radical (unpaired) electrons. The first-order valence-corrected chi connectivity index (χ1v) is 6.49. The van der Waals surface area contributed by atoms with Gasteiger partial charge in [-0.2, -0.15) is 5.10 Å². The number of H-pyrrole nitrogens is 1. The topological polar surface area (TPSA) is 67.0 Å². The first-order valence-electron chi connectivity index (χ1n) is 5.70. The van der Waals surface area contributed by atoms with Crippen LogP contribution in [0.5, 0.6) is 0 Å². The Kier molecular flexibility index (Phi) is 6.21. The van der Waals surface area contributed by atoms with Crippen LogP contribution in [0, 0.1) is 0 Å². The number of ether oxygens (including phenoxy) is 1. The predicted molar refractivity (Wildman–Crippen MR) is 71.4 cm³/mol. The van der Waals surface area contributed by atoms with Crippen molar-refractivity contribution < 1.29 is 4.74 Å². The van der Waals surface area contributed by atoms with Gasteiger partial charge < -0.3 is 10.1 Å². The van der Waals surface area contributed by atoms with Crippen molar-refractivity contribution in [2.45, 2.75) is 32.8 Å². The monoisotopic (exact) mass is 303 g/mol. The molecule has 0 aliphatic rings. The third-order valence-electron chi connectivity index (χ3n) is 2.13. The summed E-state index contributed by atoms with van der Waals surface area (Å²) >= 11 is 3.21. The molecule has 0 amide bonds. The lowest BCUT2D eigenvalue weighted by molar-refractivity contribution is 0.0765. The van der Waals surface area contributed by atoms with E-state index < -0.39 is 0 Å². The van der Waals surface area contributed by atoms with E-state index >= 15 is 0 Å². The highest BCUT2D eigenvalue weighted by molar-refractivity contribution is 9.10. The highest BCUT2D eigenvalue weighted by atomic mass is 79.9. The van der Waals surface area contributed by atoms with Gasteiger partial charge in [-0.1, -0.05) is 0 Å². The zero-order chi connectivity index (χ0) is 12.7. The molecule has 17 heavy (non-hydrogen) atoms. The van der Waals surface area contributed by atoms with Crippen LogP contribution in [-0.2, 0) is 4.74 Å². The summed E-state index contributed by atoms with van der Waals surface area (Å²) in [5.41, 5.74) is 0.497. The Labute approximate surface area is 109 Å². The third kappa shape index (κ3) is 5.32. The number of halogens is 1. The Bertz CT molecular complexity index is 393. The lowest BCUT2D eigenvalue weighted by Gasteiger charge is -2.08. The number of aromatic amines is 1. The van der Waals surface area contributed by atoms with Gasteiger partial charge in [0.15, 0.2) is 0 Å². The van der Waals surface area contributed by atoms with Gasteiger partial charge in [-0.15, -0.1) is 0 Å². The van der Waals surface area contributed by atoms with Crippen molar-refractivity contribution >= 4 is 21.6 Å². The van der Waals surface area contributed by atoms with E-state index in [1.807, 2.05) is 13.8 Å². The third-order valence-corrected chi connectivity index (χ3v) is 2.92. The molecular formula is C11H18BrN3O2. The smallest absolute Gasteiger partial charge is 0.280 e. The lowest BCUT2D eigenvalue weighted by Crippen LogP contribution is -2.13. The lowest BCUT2D eigenvalue weighted by atomic mass is 10.3. The minimum atomic E-state index is -0.224. The summed E-state index contributed by atoms with van der Waals surface area (Å²) in [4.78, 5) is 11.2. The van der Waals surface area contributed by atoms with Crippen molar-refractivity contribution in [1.29, 1.82) is 0 Å². The van der Waals surface area contributed by atoms with Gasteiger partial charge in [-0.25, -0.2) is 5.10 Å². The minimum absolute atomic E-state index is 0.224. The highest BCUT2D eigenvalue weighted by Crippen LogP contribution is 2.14. The number of unbranched alkanes of at least 4 members (excludes halogenated alkanes) is 1. The Morgan fingerprint density at radius 3 is 3.00 bits per heavy atom. The van der Waals surface area contributed by atoms with Crippen LogP contribution < -0.4 is 10.9 Å². The molecular weight excluding hydrogens is 286 g/mol. The molecule has 1 aromatic rings. The Morgan fingerprint density at radius 1 is 1.53 bits per heavy atom. The molecule has 6 heteroatoms. The quantitative estimate of drug-likeness (QED) is 0.758. The molecule has 0 spiro atoms. The Hall–Kier alpha value is -0.880. The molecule has 0 aromatic carbocycles. The molecule has 0 unspecified atom stereocenters. The second-order valence-corrected chi connectivity index (χ2v) is 4.77. The van der Waals surface area contributed by atoms with E-state index in [1.54, 1.807) is 6.20 Å². The SMILES string of the molecule is CC(C)OCCCCNc1cn[nH]c(=O)c1Br. The van der Waals surface area contributed by atoms with Gasteiger partial charge in [0.25, 0.3) is 5.56 Å². The Morgan fingerprint density at radius 2 is 2.29 bits per heavy atom. The number of nitrogens with one attached hydrogen (secondary N) is 2. The van der Waals surface area contributed by atoms with Crippen LogP contribution in [0.3, 0.4) is 0 Å². The van der Waals surface area contributed by atoms with E-state index in [-0.39, 0.29) is 11.7 Å². The van der Waals surface area contributed by atoms with E-state index in [4.69, 9.17) is 4.74 Å². The molecule has 0 aliphatic carbocycles. The molecule has 0 fully saturated rings. The molecule has 5 nitrogen and oxygen atoms in total. The Balaban J connectivity index is 2.23. The van der Waals surface area contributed by atoms with E-state index in [1.165, 1.54) is 0 Å². The molecule has 2 N–H and O–H groups in total. The largest absolute Gasteiger partial charge is 0.383 e. The molecule has 0 bridgehead atoms. The number of hydrogen-bond donors (Lipinski definition) is 2. The number of aromatic nitrogens is 2. The predicted octanol–water partition coefficient (Wildman–Crippen LogP) is 2.15. The maximum Gasteiger partial charge on any atom is 0.280 e. The van der Waals surface area contributed by atoms with Crippen molar-refractivity contribution in [3.8, 4) is 0 Å². The molecule has 1 aromatic heterocycles. The molecule has 96 valence electrons. The average molecular weight is 304 g/mol. The molecule has 0 saturated carbocycles. The van der Waals surface area contributed by atoms with Gasteiger partial charge in [0.05, 0.1) is 18.0 Å². The minimum Gasteiger partial charge on any atom is -0.383 e. The van der Waals surface area contributed by atoms with Gasteiger partial charge in [0.1, 0.15) is 4.47 Å². The normalized spacial score (nSPS) is 10.8. The van der Waals surface area contributed by atoms with Crippen LogP contribution in [0.15, 0.2) is 15.5 Å². The zero-order valence-electron chi connectivity index (χ0n) is 10.1. The van der Waals surface area contributed by atoms with Gasteiger partial charge in [-0.05, 0) is 42.6 Å². The summed E-state index contributed by atoms with van der Waals surface area (Å²) in [6, 6.07) is 0. The van der Waals surface area contributed by atoms with Gasteiger partial charge in [0.2, 0.25) is 0 Å². The summed E-state index contributed by atoms with van der Waals surface area (Å²) in [5.74, 6) is 0. The molecule has 0 atom stereocenters. The van der Waals surface area contributed by atoms with Crippen LogP contribution in [0.2, 0.25) is 0 Å². The second kappa shape index (κ2) is 7.45. The maximum absolute atomic E-state index is 11.2. The molecule has 1 rings (SSSR count). The summed E-state index contributed by atoms with van der Waals surface area (Å²) in [6.07, 6.45) is 3.87. The number of rotatable bonds is 7. The number of hydrogen-bond acceptors (Lipinski definition) is 4. The number of anilines is 1. The fourth-order valence-electron chi connectivity index (χ4n) is 1.28. The molecule has 0 saturated heterocycles. The fraction of sp³-hybridized carbons (Fsp3) is 0.636. The maximum atomic E-state index is 11.2. The van der Waals surface area contributed by atoms with Crippen LogP contribution >= 0.6 is 15.9 Å². The van der Waals surface area contributed by atoms with Gasteiger partial charge >= 0.3 is 0 Å². The van der Waals surface area contributed by atoms with Crippen molar-refractivity contribution in [1.82, 2.24) is 10.2 Å². The van der Waals surface area contributed by atoms with Crippen LogP contribution in [-0.4, -0.2) is 29.5 Å². The van der Waals surface area contributed by atoms with Gasteiger partial charge in [-0.3, -0.25) is 4.79 Å². The molecule has 1 heterocycles. The van der Waals surface area contributed by atoms with Crippen molar-refractivity contribution in [2.24, 2.45) is 0 Å². The van der Waals surface area contributed by atoms with E-state index in [2.05, 4.69) is 31.4 Å². The summed E-state index contributed by atoms with van der Waals surface area (Å²) in [7, 11) is 0. The zero-order valence-corrected chi connectivity index (χ0v) is 11.7. The summed E-state index contributed by atoms with van der Waals surface area (Å²) in [5, 5.41) is 9.24. The van der Waals surface area contributed by atoms with E-state index in [0.29, 0.717) is 4.47 Å². The van der Waals surface area contributed by atoms with Crippen molar-refractivity contribution in [2.75, 3.05) is 18.5 Å². The standard InChI is InChI=1S/C11H18BrN3O2/c1-8(2)17-6-4-3-5-13-9-7-14-15-11(16)10(9)12/h7-8H,3-6H2,1-2H3,(H2,13,15,16). The molecule has 0 aliphatic heterocycles. The fourth-order valence-corrected chi connectivity index (χ4v) is 1.61. The van der Waals surface area contributed by atoms with E-state index in [9.17, 15) is 4.79 Å². The van der Waals surface area contributed by atoms with E-state index in [0.717, 1.165) is 31.7 Å². The summed E-state index contributed by atoms with van der Waals surface area (Å²) in [6.45, 7) is 5.62. The average Bonchev–Trinajstić information content (AvgIpc) is 2.28. The first-order chi connectivity index (χ1) is 8.11. The van der Waals surface area contributed by atoms with Crippen LogP contribution in [0.25, 0.3) is 0 Å². The van der Waals surface area contributed by atoms with Crippen LogP contribution in [0.4, 0.5) is 5.69 Å². The first kappa shape index (κ1) is 14.2. The summed E-state index contributed by atoms with van der Waals surface area (Å²) < 4.78 is 5.92. The number of nitrogens with zero attached hydrogens (tertiary/aromatic N) is 1. The van der Waals surface area contributed by atoms with Crippen LogP contribution in [0.1, 0.15) is 26.7 Å².